The summed E-state index contributed by atoms with van der Waals surface area (Å²) in [4.78, 5) is 0. The van der Waals surface area contributed by atoms with Crippen molar-refractivity contribution in [3.05, 3.63) is 35.5 Å². The molecule has 0 aromatic heterocycles. The molecule has 0 amide bonds. The number of allylic oxidation sites excluding steroid dienone is 4. The summed E-state index contributed by atoms with van der Waals surface area (Å²) in [7, 11) is 0. The van der Waals surface area contributed by atoms with Crippen LogP contribution in [0.3, 0.4) is 0 Å². The van der Waals surface area contributed by atoms with E-state index >= 15 is 0 Å². The minimum absolute atomic E-state index is 0.374. The van der Waals surface area contributed by atoms with Gasteiger partial charge >= 0.3 is 0 Å². The number of epoxide rings is 1. The quantitative estimate of drug-likeness (QED) is 0.457. The van der Waals surface area contributed by atoms with Gasteiger partial charge in [-0.1, -0.05) is 29.9 Å². The van der Waals surface area contributed by atoms with Gasteiger partial charge in [0.2, 0.25) is 0 Å². The summed E-state index contributed by atoms with van der Waals surface area (Å²) in [6.07, 6.45) is 9.54. The van der Waals surface area contributed by atoms with E-state index in [1.54, 1.807) is 0 Å². The van der Waals surface area contributed by atoms with Crippen molar-refractivity contribution in [2.45, 2.75) is 52.6 Å². The molecule has 1 aliphatic rings. The molecule has 1 nitrogen and oxygen atoms in total. The predicted octanol–water partition coefficient (Wildman–Crippen LogP) is 4.41. The average Bonchev–Trinajstić information content (AvgIpc) is 2.99. The smallest absolute Gasteiger partial charge is 0.102 e. The van der Waals surface area contributed by atoms with E-state index in [9.17, 15) is 0 Å². The molecule has 1 rings (SSSR count). The van der Waals surface area contributed by atoms with Gasteiger partial charge in [-0.25, -0.2) is 0 Å². The molecule has 0 saturated carbocycles. The Labute approximate surface area is 99.9 Å². The molecule has 16 heavy (non-hydrogen) atoms. The predicted molar refractivity (Wildman–Crippen MR) is 70.5 cm³/mol. The fourth-order valence-corrected chi connectivity index (χ4v) is 1.64. The van der Waals surface area contributed by atoms with Crippen LogP contribution in [-0.2, 0) is 4.74 Å². The molecule has 1 atom stereocenters. The summed E-state index contributed by atoms with van der Waals surface area (Å²) < 4.78 is 5.19. The maximum absolute atomic E-state index is 5.19. The van der Waals surface area contributed by atoms with Crippen molar-refractivity contribution in [2.75, 3.05) is 6.61 Å². The molecular formula is C15H24O. The molecular weight excluding hydrogens is 196 g/mol. The van der Waals surface area contributed by atoms with Crippen molar-refractivity contribution in [1.29, 1.82) is 0 Å². The zero-order valence-electron chi connectivity index (χ0n) is 10.9. The maximum Gasteiger partial charge on any atom is 0.102 e. The zero-order valence-corrected chi connectivity index (χ0v) is 10.9. The molecule has 0 aromatic carbocycles. The van der Waals surface area contributed by atoms with Crippen molar-refractivity contribution in [3.63, 3.8) is 0 Å². The second kappa shape index (κ2) is 6.70. The fourth-order valence-electron chi connectivity index (χ4n) is 1.64. The first-order valence-corrected chi connectivity index (χ1v) is 6.18. The molecule has 0 radical (unpaired) electrons. The summed E-state index contributed by atoms with van der Waals surface area (Å²) in [5, 5.41) is 0. The van der Waals surface area contributed by atoms with Crippen LogP contribution in [0.25, 0.3) is 0 Å². The molecule has 0 spiro atoms. The lowest BCUT2D eigenvalue weighted by molar-refractivity contribution is 0.428. The van der Waals surface area contributed by atoms with E-state index in [2.05, 4.69) is 39.5 Å². The Bertz CT molecular complexity index is 289. The third-order valence-electron chi connectivity index (χ3n) is 2.84. The number of ether oxygens (including phenoxy) is 1. The molecule has 1 heteroatoms. The normalized spacial score (nSPS) is 19.4. The second-order valence-corrected chi connectivity index (χ2v) is 4.89. The van der Waals surface area contributed by atoms with Crippen LogP contribution in [0.4, 0.5) is 0 Å². The third kappa shape index (κ3) is 5.92. The number of rotatable bonds is 7. The standard InChI is InChI=1S/C15H24O/c1-12(2)7-5-8-13(3)9-6-10-14(4)15-11-16-15/h7,9,15H,4-6,8,10-11H2,1-3H3. The molecule has 1 fully saturated rings. The lowest BCUT2D eigenvalue weighted by Crippen LogP contribution is -1.90. The van der Waals surface area contributed by atoms with Gasteiger partial charge in [-0.15, -0.1) is 0 Å². The SMILES string of the molecule is C=C(CCC=C(C)CCC=C(C)C)C1CO1. The van der Waals surface area contributed by atoms with Gasteiger partial charge in [-0.05, 0) is 52.0 Å². The van der Waals surface area contributed by atoms with E-state index in [0.717, 1.165) is 25.9 Å². The van der Waals surface area contributed by atoms with Crippen molar-refractivity contribution < 1.29 is 4.74 Å². The molecule has 1 heterocycles. The average molecular weight is 220 g/mol. The van der Waals surface area contributed by atoms with E-state index < -0.39 is 0 Å². The van der Waals surface area contributed by atoms with Crippen LogP contribution < -0.4 is 0 Å². The first kappa shape index (κ1) is 13.2. The van der Waals surface area contributed by atoms with E-state index in [1.165, 1.54) is 23.1 Å². The summed E-state index contributed by atoms with van der Waals surface area (Å²) in [5.74, 6) is 0. The largest absolute Gasteiger partial charge is 0.368 e. The Morgan fingerprint density at radius 3 is 2.38 bits per heavy atom. The van der Waals surface area contributed by atoms with Gasteiger partial charge in [-0.2, -0.15) is 0 Å². The lowest BCUT2D eigenvalue weighted by atomic mass is 10.1. The lowest BCUT2D eigenvalue weighted by Gasteiger charge is -2.01. The molecule has 0 aliphatic carbocycles. The number of hydrogen-bond acceptors (Lipinski definition) is 1. The Morgan fingerprint density at radius 1 is 1.19 bits per heavy atom. The molecule has 0 N–H and O–H groups in total. The van der Waals surface area contributed by atoms with Gasteiger partial charge in [0.1, 0.15) is 6.10 Å². The Kier molecular flexibility index (Phi) is 5.54. The maximum atomic E-state index is 5.19. The van der Waals surface area contributed by atoms with Crippen molar-refractivity contribution in [1.82, 2.24) is 0 Å². The molecule has 0 bridgehead atoms. The van der Waals surface area contributed by atoms with Crippen LogP contribution in [0.1, 0.15) is 46.5 Å². The Morgan fingerprint density at radius 2 is 1.81 bits per heavy atom. The van der Waals surface area contributed by atoms with Crippen LogP contribution in [0, 0.1) is 0 Å². The minimum atomic E-state index is 0.374. The molecule has 0 aromatic rings. The van der Waals surface area contributed by atoms with Gasteiger partial charge in [-0.3, -0.25) is 0 Å². The van der Waals surface area contributed by atoms with Gasteiger partial charge in [0, 0.05) is 0 Å². The highest BCUT2D eigenvalue weighted by molar-refractivity contribution is 5.10. The van der Waals surface area contributed by atoms with Gasteiger partial charge < -0.3 is 4.74 Å². The van der Waals surface area contributed by atoms with E-state index in [0.29, 0.717) is 6.10 Å². The number of hydrogen-bond donors (Lipinski definition) is 0. The second-order valence-electron chi connectivity index (χ2n) is 4.89. The van der Waals surface area contributed by atoms with Gasteiger partial charge in [0.25, 0.3) is 0 Å². The van der Waals surface area contributed by atoms with Crippen molar-refractivity contribution in [3.8, 4) is 0 Å². The van der Waals surface area contributed by atoms with Crippen molar-refractivity contribution >= 4 is 0 Å². The van der Waals surface area contributed by atoms with Gasteiger partial charge in [0.15, 0.2) is 0 Å². The van der Waals surface area contributed by atoms with Crippen LogP contribution in [0.5, 0.6) is 0 Å². The van der Waals surface area contributed by atoms with Crippen LogP contribution in [0.2, 0.25) is 0 Å². The van der Waals surface area contributed by atoms with E-state index in [-0.39, 0.29) is 0 Å². The molecule has 1 saturated heterocycles. The Hall–Kier alpha value is -0.820. The molecule has 1 aliphatic heterocycles. The topological polar surface area (TPSA) is 12.5 Å². The monoisotopic (exact) mass is 220 g/mol. The minimum Gasteiger partial charge on any atom is -0.368 e. The highest BCUT2D eigenvalue weighted by Gasteiger charge is 2.24. The van der Waals surface area contributed by atoms with Crippen LogP contribution >= 0.6 is 0 Å². The van der Waals surface area contributed by atoms with Crippen LogP contribution in [-0.4, -0.2) is 12.7 Å². The Balaban J connectivity index is 2.12. The van der Waals surface area contributed by atoms with E-state index in [4.69, 9.17) is 4.74 Å². The highest BCUT2D eigenvalue weighted by atomic mass is 16.6. The summed E-state index contributed by atoms with van der Waals surface area (Å²) >= 11 is 0. The molecule has 90 valence electrons. The summed E-state index contributed by atoms with van der Waals surface area (Å²) in [6, 6.07) is 0. The molecule has 1 unspecified atom stereocenters. The van der Waals surface area contributed by atoms with Crippen LogP contribution in [0.15, 0.2) is 35.5 Å². The fraction of sp³-hybridized carbons (Fsp3) is 0.600. The zero-order chi connectivity index (χ0) is 12.0. The van der Waals surface area contributed by atoms with E-state index in [1.807, 2.05) is 0 Å². The third-order valence-corrected chi connectivity index (χ3v) is 2.84. The van der Waals surface area contributed by atoms with Crippen molar-refractivity contribution in [2.24, 2.45) is 0 Å². The summed E-state index contributed by atoms with van der Waals surface area (Å²) in [6.45, 7) is 11.4. The highest BCUT2D eigenvalue weighted by Crippen LogP contribution is 2.22. The van der Waals surface area contributed by atoms with Gasteiger partial charge in [0.05, 0.1) is 6.61 Å². The first-order valence-electron chi connectivity index (χ1n) is 6.18. The first-order chi connectivity index (χ1) is 7.59. The summed E-state index contributed by atoms with van der Waals surface area (Å²) in [5.41, 5.74) is 4.16.